The Hall–Kier alpha value is -2.56. The van der Waals surface area contributed by atoms with Crippen LogP contribution in [0.3, 0.4) is 0 Å². The monoisotopic (exact) mass is 436 g/mol. The summed E-state index contributed by atoms with van der Waals surface area (Å²) in [6.07, 6.45) is 4.42. The van der Waals surface area contributed by atoms with E-state index < -0.39 is 0 Å². The molecule has 2 saturated carbocycles. The molecule has 5 nitrogen and oxygen atoms in total. The van der Waals surface area contributed by atoms with E-state index in [1.165, 1.54) is 6.92 Å². The van der Waals surface area contributed by atoms with Crippen LogP contribution in [-0.4, -0.2) is 17.7 Å². The summed E-state index contributed by atoms with van der Waals surface area (Å²) in [5.74, 6) is 1.95. The molecule has 2 heterocycles. The summed E-state index contributed by atoms with van der Waals surface area (Å²) in [6, 6.07) is 11.6. The lowest BCUT2D eigenvalue weighted by Gasteiger charge is -2.61. The minimum absolute atomic E-state index is 0.0191. The average Bonchev–Trinajstić information content (AvgIpc) is 2.75. The minimum atomic E-state index is -0.325. The first-order valence-corrected chi connectivity index (χ1v) is 11.8. The van der Waals surface area contributed by atoms with E-state index in [0.29, 0.717) is 35.3 Å². The van der Waals surface area contributed by atoms with Crippen LogP contribution in [0.25, 0.3) is 11.3 Å². The predicted molar refractivity (Wildman–Crippen MR) is 121 cm³/mol. The van der Waals surface area contributed by atoms with Crippen molar-refractivity contribution < 1.29 is 18.7 Å². The highest BCUT2D eigenvalue weighted by molar-refractivity contribution is 5.66. The van der Waals surface area contributed by atoms with Crippen LogP contribution in [0.2, 0.25) is 0 Å². The molecule has 2 fully saturated rings. The lowest BCUT2D eigenvalue weighted by molar-refractivity contribution is -0.180. The molecule has 4 unspecified atom stereocenters. The standard InChI is InChI=1S/C27H32O5/c1-16-20-10-13-27(4)24(26(20,3)12-11-21(16)30-17(2)28)14-19-23(32-27)15-22(31-25(19)29)18-8-6-5-7-9-18/h5-9,15-16,20-21,24H,10-14H2,1-4H3/t16?,20?,21?,24?,26-,27+/m0/s1. The Balaban J connectivity index is 1.50. The molecule has 2 aliphatic carbocycles. The normalized spacial score (nSPS) is 35.6. The van der Waals surface area contributed by atoms with Crippen molar-refractivity contribution in [3.8, 4) is 17.1 Å². The van der Waals surface area contributed by atoms with E-state index in [-0.39, 0.29) is 34.6 Å². The Kier molecular flexibility index (Phi) is 4.99. The van der Waals surface area contributed by atoms with E-state index in [4.69, 9.17) is 13.9 Å². The lowest BCUT2D eigenvalue weighted by atomic mass is 9.47. The summed E-state index contributed by atoms with van der Waals surface area (Å²) >= 11 is 0. The topological polar surface area (TPSA) is 65.7 Å². The molecule has 5 rings (SSSR count). The van der Waals surface area contributed by atoms with Gasteiger partial charge in [0, 0.05) is 24.5 Å². The Bertz CT molecular complexity index is 1090. The first-order chi connectivity index (χ1) is 15.2. The van der Waals surface area contributed by atoms with Crippen LogP contribution < -0.4 is 10.4 Å². The van der Waals surface area contributed by atoms with Crippen molar-refractivity contribution in [1.82, 2.24) is 0 Å². The van der Waals surface area contributed by atoms with Crippen LogP contribution in [-0.2, 0) is 16.0 Å². The number of carbonyl (C=O) groups excluding carboxylic acids is 1. The summed E-state index contributed by atoms with van der Waals surface area (Å²) in [5, 5.41) is 0. The fraction of sp³-hybridized carbons (Fsp3) is 0.556. The van der Waals surface area contributed by atoms with Crippen LogP contribution >= 0.6 is 0 Å². The fourth-order valence-corrected chi connectivity index (χ4v) is 7.02. The van der Waals surface area contributed by atoms with Gasteiger partial charge in [0.1, 0.15) is 23.2 Å². The van der Waals surface area contributed by atoms with Crippen molar-refractivity contribution in [1.29, 1.82) is 0 Å². The van der Waals surface area contributed by atoms with Crippen LogP contribution in [0.15, 0.2) is 45.6 Å². The van der Waals surface area contributed by atoms with Gasteiger partial charge in [0.2, 0.25) is 0 Å². The minimum Gasteiger partial charge on any atom is -0.487 e. The third-order valence-corrected chi connectivity index (χ3v) is 8.66. The molecule has 0 N–H and O–H groups in total. The van der Waals surface area contributed by atoms with Crippen molar-refractivity contribution in [2.75, 3.05) is 0 Å². The Morgan fingerprint density at radius 2 is 1.88 bits per heavy atom. The van der Waals surface area contributed by atoms with Gasteiger partial charge in [0.25, 0.3) is 0 Å². The molecule has 2 aromatic rings. The summed E-state index contributed by atoms with van der Waals surface area (Å²) in [5.41, 5.74) is 0.926. The number of hydrogen-bond donors (Lipinski definition) is 0. The van der Waals surface area contributed by atoms with Crippen LogP contribution in [0.1, 0.15) is 58.9 Å². The number of rotatable bonds is 2. The summed E-state index contributed by atoms with van der Waals surface area (Å²) < 4.78 is 18.0. The van der Waals surface area contributed by atoms with Crippen molar-refractivity contribution in [3.05, 3.63) is 52.4 Å². The molecule has 1 aromatic heterocycles. The summed E-state index contributed by atoms with van der Waals surface area (Å²) in [7, 11) is 0. The molecule has 170 valence electrons. The molecule has 0 amide bonds. The molecule has 1 aromatic carbocycles. The lowest BCUT2D eigenvalue weighted by Crippen LogP contribution is -2.62. The fourth-order valence-electron chi connectivity index (χ4n) is 7.02. The van der Waals surface area contributed by atoms with Crippen molar-refractivity contribution in [2.45, 2.75) is 71.5 Å². The van der Waals surface area contributed by atoms with E-state index in [0.717, 1.165) is 31.2 Å². The van der Waals surface area contributed by atoms with Gasteiger partial charge in [-0.2, -0.15) is 0 Å². The van der Waals surface area contributed by atoms with Crippen LogP contribution in [0.4, 0.5) is 0 Å². The molecule has 0 bridgehead atoms. The first-order valence-electron chi connectivity index (χ1n) is 11.8. The number of fused-ring (bicyclic) bond motifs is 4. The first kappa shape index (κ1) is 21.3. The van der Waals surface area contributed by atoms with Crippen LogP contribution in [0.5, 0.6) is 5.75 Å². The molecule has 0 spiro atoms. The quantitative estimate of drug-likeness (QED) is 0.590. The smallest absolute Gasteiger partial charge is 0.343 e. The maximum absolute atomic E-state index is 13.0. The predicted octanol–water partition coefficient (Wildman–Crippen LogP) is 5.39. The zero-order valence-corrected chi connectivity index (χ0v) is 19.4. The maximum Gasteiger partial charge on any atom is 0.343 e. The molecule has 6 atom stereocenters. The highest BCUT2D eigenvalue weighted by Gasteiger charge is 2.60. The van der Waals surface area contributed by atoms with Crippen molar-refractivity contribution in [3.63, 3.8) is 0 Å². The van der Waals surface area contributed by atoms with Gasteiger partial charge >= 0.3 is 11.6 Å². The van der Waals surface area contributed by atoms with E-state index in [9.17, 15) is 9.59 Å². The van der Waals surface area contributed by atoms with Gasteiger partial charge in [0.05, 0.1) is 5.56 Å². The van der Waals surface area contributed by atoms with Crippen molar-refractivity contribution >= 4 is 5.97 Å². The largest absolute Gasteiger partial charge is 0.487 e. The molecule has 0 saturated heterocycles. The highest BCUT2D eigenvalue weighted by Crippen LogP contribution is 2.61. The van der Waals surface area contributed by atoms with Gasteiger partial charge in [-0.05, 0) is 56.3 Å². The number of hydrogen-bond acceptors (Lipinski definition) is 5. The summed E-state index contributed by atoms with van der Waals surface area (Å²) in [6.45, 7) is 8.28. The van der Waals surface area contributed by atoms with Crippen molar-refractivity contribution in [2.24, 2.45) is 23.2 Å². The van der Waals surface area contributed by atoms with Crippen LogP contribution in [0, 0.1) is 23.2 Å². The number of esters is 1. The molecule has 5 heteroatoms. The van der Waals surface area contributed by atoms with E-state index >= 15 is 0 Å². The third kappa shape index (κ3) is 3.28. The third-order valence-electron chi connectivity index (χ3n) is 8.66. The molecular formula is C27H32O5. The Morgan fingerprint density at radius 3 is 2.59 bits per heavy atom. The van der Waals surface area contributed by atoms with Gasteiger partial charge in [-0.3, -0.25) is 4.79 Å². The van der Waals surface area contributed by atoms with Gasteiger partial charge < -0.3 is 13.9 Å². The zero-order valence-electron chi connectivity index (χ0n) is 19.4. The summed E-state index contributed by atoms with van der Waals surface area (Å²) in [4.78, 5) is 24.6. The van der Waals surface area contributed by atoms with Gasteiger partial charge in [-0.1, -0.05) is 44.2 Å². The maximum atomic E-state index is 13.0. The van der Waals surface area contributed by atoms with Gasteiger partial charge in [-0.15, -0.1) is 0 Å². The van der Waals surface area contributed by atoms with E-state index in [1.807, 2.05) is 36.4 Å². The van der Waals surface area contributed by atoms with E-state index in [2.05, 4.69) is 20.8 Å². The molecule has 1 aliphatic heterocycles. The van der Waals surface area contributed by atoms with Gasteiger partial charge in [0.15, 0.2) is 0 Å². The van der Waals surface area contributed by atoms with E-state index in [1.54, 1.807) is 0 Å². The molecule has 3 aliphatic rings. The second-order valence-electron chi connectivity index (χ2n) is 10.5. The molecule has 32 heavy (non-hydrogen) atoms. The molecule has 0 radical (unpaired) electrons. The Morgan fingerprint density at radius 1 is 1.12 bits per heavy atom. The second-order valence-corrected chi connectivity index (χ2v) is 10.5. The number of carbonyl (C=O) groups is 1. The second kappa shape index (κ2) is 7.50. The molecular weight excluding hydrogens is 404 g/mol. The Labute approximate surface area is 189 Å². The average molecular weight is 437 g/mol. The number of benzene rings is 1. The highest BCUT2D eigenvalue weighted by atomic mass is 16.5. The zero-order chi connectivity index (χ0) is 22.7. The van der Waals surface area contributed by atoms with Gasteiger partial charge in [-0.25, -0.2) is 4.79 Å². The number of ether oxygens (including phenoxy) is 2. The SMILES string of the molecule is CC(=O)OC1CC[C@@]2(C)C(CC[C@@]3(C)Oc4cc(-c5ccccc5)oc(=O)c4CC23)C1C.